The molecule has 0 rings (SSSR count). The second-order valence-electron chi connectivity index (χ2n) is 3.01. The molecule has 0 saturated carbocycles. The molecule has 0 atom stereocenters. The lowest BCUT2D eigenvalue weighted by molar-refractivity contribution is 0.0721. The topological polar surface area (TPSA) is 50.8 Å². The Morgan fingerprint density at radius 1 is 1.20 bits per heavy atom. The molecular weight excluding hydrogens is 196 g/mol. The highest BCUT2D eigenvalue weighted by atomic mass is 16.5. The largest absolute Gasteiger partial charge is 0.382 e. The van der Waals surface area contributed by atoms with Gasteiger partial charge in [0.2, 0.25) is 0 Å². The van der Waals surface area contributed by atoms with E-state index in [2.05, 4.69) is 5.32 Å². The normalized spacial score (nSPS) is 10.1. The Kier molecular flexibility index (Phi) is 9.21. The van der Waals surface area contributed by atoms with Crippen molar-refractivity contribution in [1.29, 1.82) is 0 Å². The van der Waals surface area contributed by atoms with Crippen molar-refractivity contribution in [3.63, 3.8) is 0 Å². The van der Waals surface area contributed by atoms with E-state index in [1.807, 2.05) is 13.8 Å². The third-order valence-corrected chi connectivity index (χ3v) is 2.01. The van der Waals surface area contributed by atoms with Crippen LogP contribution in [0.1, 0.15) is 13.8 Å². The van der Waals surface area contributed by atoms with Crippen LogP contribution in [0, 0.1) is 0 Å². The second kappa shape index (κ2) is 9.73. The molecule has 0 aromatic carbocycles. The standard InChI is InChI=1S/C10H22N2O3/c1-4-12(5-2)10(13)11-6-7-15-9-8-14-3/h4-9H2,1-3H3,(H,11,13). The molecule has 15 heavy (non-hydrogen) atoms. The highest BCUT2D eigenvalue weighted by Gasteiger charge is 2.06. The molecule has 0 saturated heterocycles. The second-order valence-corrected chi connectivity index (χ2v) is 3.01. The summed E-state index contributed by atoms with van der Waals surface area (Å²) in [6, 6.07) is -0.0321. The molecule has 0 heterocycles. The number of hydrogen-bond donors (Lipinski definition) is 1. The van der Waals surface area contributed by atoms with E-state index in [9.17, 15) is 4.79 Å². The molecule has 90 valence electrons. The van der Waals surface area contributed by atoms with Crippen molar-refractivity contribution in [1.82, 2.24) is 10.2 Å². The zero-order valence-electron chi connectivity index (χ0n) is 9.91. The first kappa shape index (κ1) is 14.2. The van der Waals surface area contributed by atoms with E-state index < -0.39 is 0 Å². The summed E-state index contributed by atoms with van der Waals surface area (Å²) in [6.07, 6.45) is 0. The molecule has 2 amide bonds. The summed E-state index contributed by atoms with van der Waals surface area (Å²) in [5.41, 5.74) is 0. The molecule has 0 aromatic rings. The molecule has 0 unspecified atom stereocenters. The molecule has 0 aliphatic rings. The van der Waals surface area contributed by atoms with Crippen LogP contribution in [0.2, 0.25) is 0 Å². The fraction of sp³-hybridized carbons (Fsp3) is 0.900. The SMILES string of the molecule is CCN(CC)C(=O)NCCOCCOC. The monoisotopic (exact) mass is 218 g/mol. The summed E-state index contributed by atoms with van der Waals surface area (Å²) in [6.45, 7) is 7.59. The van der Waals surface area contributed by atoms with Crippen molar-refractivity contribution < 1.29 is 14.3 Å². The van der Waals surface area contributed by atoms with E-state index in [0.717, 1.165) is 13.1 Å². The first-order chi connectivity index (χ1) is 7.26. The van der Waals surface area contributed by atoms with E-state index >= 15 is 0 Å². The van der Waals surface area contributed by atoms with Crippen LogP contribution >= 0.6 is 0 Å². The maximum Gasteiger partial charge on any atom is 0.317 e. The number of rotatable bonds is 8. The number of nitrogens with zero attached hydrogens (tertiary/aromatic N) is 1. The van der Waals surface area contributed by atoms with Crippen molar-refractivity contribution in [3.05, 3.63) is 0 Å². The van der Waals surface area contributed by atoms with Gasteiger partial charge in [-0.2, -0.15) is 0 Å². The Bertz CT molecular complexity index is 161. The number of methoxy groups -OCH3 is 1. The smallest absolute Gasteiger partial charge is 0.317 e. The predicted molar refractivity (Wildman–Crippen MR) is 59.0 cm³/mol. The minimum absolute atomic E-state index is 0.0321. The van der Waals surface area contributed by atoms with Gasteiger partial charge >= 0.3 is 6.03 Å². The van der Waals surface area contributed by atoms with E-state index in [-0.39, 0.29) is 6.03 Å². The van der Waals surface area contributed by atoms with Crippen LogP contribution in [0.5, 0.6) is 0 Å². The highest BCUT2D eigenvalue weighted by Crippen LogP contribution is 1.87. The number of hydrogen-bond acceptors (Lipinski definition) is 3. The molecule has 0 bridgehead atoms. The Labute approximate surface area is 91.7 Å². The predicted octanol–water partition coefficient (Wildman–Crippen LogP) is 0.701. The molecule has 0 aliphatic heterocycles. The summed E-state index contributed by atoms with van der Waals surface area (Å²) in [5, 5.41) is 2.78. The number of nitrogens with one attached hydrogen (secondary N) is 1. The molecule has 0 aliphatic carbocycles. The van der Waals surface area contributed by atoms with Crippen LogP contribution in [0.3, 0.4) is 0 Å². The molecule has 5 nitrogen and oxygen atoms in total. The Hall–Kier alpha value is -0.810. The number of amides is 2. The van der Waals surface area contributed by atoms with Gasteiger partial charge in [0.25, 0.3) is 0 Å². The van der Waals surface area contributed by atoms with E-state index in [4.69, 9.17) is 9.47 Å². The van der Waals surface area contributed by atoms with Gasteiger partial charge in [-0.05, 0) is 13.8 Å². The average Bonchev–Trinajstić information content (AvgIpc) is 2.25. The van der Waals surface area contributed by atoms with E-state index in [1.165, 1.54) is 0 Å². The lowest BCUT2D eigenvalue weighted by Gasteiger charge is -2.19. The van der Waals surface area contributed by atoms with Crippen LogP contribution < -0.4 is 5.32 Å². The van der Waals surface area contributed by atoms with Gasteiger partial charge in [-0.15, -0.1) is 0 Å². The fourth-order valence-electron chi connectivity index (χ4n) is 1.10. The number of carbonyl (C=O) groups excluding carboxylic acids is 1. The number of carbonyl (C=O) groups is 1. The van der Waals surface area contributed by atoms with Crippen molar-refractivity contribution in [2.75, 3.05) is 46.6 Å². The van der Waals surface area contributed by atoms with Crippen molar-refractivity contribution in [2.24, 2.45) is 0 Å². The maximum absolute atomic E-state index is 11.4. The van der Waals surface area contributed by atoms with Gasteiger partial charge in [-0.3, -0.25) is 0 Å². The summed E-state index contributed by atoms with van der Waals surface area (Å²) in [4.78, 5) is 13.2. The fourth-order valence-corrected chi connectivity index (χ4v) is 1.10. The molecule has 0 radical (unpaired) electrons. The Morgan fingerprint density at radius 3 is 2.40 bits per heavy atom. The van der Waals surface area contributed by atoms with Crippen molar-refractivity contribution in [2.45, 2.75) is 13.8 Å². The summed E-state index contributed by atoms with van der Waals surface area (Å²) < 4.78 is 10.0. The minimum Gasteiger partial charge on any atom is -0.382 e. The first-order valence-corrected chi connectivity index (χ1v) is 5.35. The zero-order chi connectivity index (χ0) is 11.5. The van der Waals surface area contributed by atoms with E-state index in [0.29, 0.717) is 26.4 Å². The Balaban J connectivity index is 3.38. The van der Waals surface area contributed by atoms with Crippen molar-refractivity contribution >= 4 is 6.03 Å². The molecule has 0 spiro atoms. The van der Waals surface area contributed by atoms with Gasteiger partial charge < -0.3 is 19.7 Å². The molecule has 0 aromatic heterocycles. The number of ether oxygens (including phenoxy) is 2. The van der Waals surface area contributed by atoms with Crippen LogP contribution in [-0.2, 0) is 9.47 Å². The average molecular weight is 218 g/mol. The molecule has 0 fully saturated rings. The summed E-state index contributed by atoms with van der Waals surface area (Å²) in [5.74, 6) is 0. The lowest BCUT2D eigenvalue weighted by atomic mass is 10.5. The van der Waals surface area contributed by atoms with Gasteiger partial charge in [-0.1, -0.05) is 0 Å². The highest BCUT2D eigenvalue weighted by molar-refractivity contribution is 5.73. The maximum atomic E-state index is 11.4. The van der Waals surface area contributed by atoms with E-state index in [1.54, 1.807) is 12.0 Å². The van der Waals surface area contributed by atoms with Gasteiger partial charge in [-0.25, -0.2) is 4.79 Å². The third kappa shape index (κ3) is 7.16. The Morgan fingerprint density at radius 2 is 1.87 bits per heavy atom. The lowest BCUT2D eigenvalue weighted by Crippen LogP contribution is -2.41. The minimum atomic E-state index is -0.0321. The van der Waals surface area contributed by atoms with Crippen molar-refractivity contribution in [3.8, 4) is 0 Å². The van der Waals surface area contributed by atoms with Crippen LogP contribution in [0.4, 0.5) is 4.79 Å². The summed E-state index contributed by atoms with van der Waals surface area (Å²) in [7, 11) is 1.63. The third-order valence-electron chi connectivity index (χ3n) is 2.01. The van der Waals surface area contributed by atoms with Gasteiger partial charge in [0.1, 0.15) is 0 Å². The molecule has 1 N–H and O–H groups in total. The van der Waals surface area contributed by atoms with Crippen LogP contribution in [0.15, 0.2) is 0 Å². The summed E-state index contributed by atoms with van der Waals surface area (Å²) >= 11 is 0. The molecular formula is C10H22N2O3. The first-order valence-electron chi connectivity index (χ1n) is 5.35. The van der Waals surface area contributed by atoms with Gasteiger partial charge in [0, 0.05) is 26.7 Å². The quantitative estimate of drug-likeness (QED) is 0.610. The molecule has 5 heteroatoms. The van der Waals surface area contributed by atoms with Gasteiger partial charge in [0.05, 0.1) is 19.8 Å². The van der Waals surface area contributed by atoms with Gasteiger partial charge in [0.15, 0.2) is 0 Å². The zero-order valence-corrected chi connectivity index (χ0v) is 9.91. The number of urea groups is 1. The van der Waals surface area contributed by atoms with Crippen LogP contribution in [-0.4, -0.2) is 57.5 Å². The van der Waals surface area contributed by atoms with Crippen LogP contribution in [0.25, 0.3) is 0 Å².